The molecule has 4 nitrogen and oxygen atoms in total. The Bertz CT molecular complexity index is 807. The summed E-state index contributed by atoms with van der Waals surface area (Å²) in [5.74, 6) is -0.406. The van der Waals surface area contributed by atoms with Gasteiger partial charge < -0.3 is 10.4 Å². The summed E-state index contributed by atoms with van der Waals surface area (Å²) in [7, 11) is 0. The number of carbonyl (C=O) groups excluding carboxylic acids is 2. The molecule has 0 fully saturated rings. The zero-order valence-electron chi connectivity index (χ0n) is 12.8. The van der Waals surface area contributed by atoms with E-state index in [4.69, 9.17) is 0 Å². The first kappa shape index (κ1) is 15.0. The summed E-state index contributed by atoms with van der Waals surface area (Å²) in [6.07, 6.45) is 1.23. The molecule has 0 unspecified atom stereocenters. The maximum Gasteiger partial charge on any atom is 0.260 e. The van der Waals surface area contributed by atoms with E-state index in [-0.39, 0.29) is 23.0 Å². The molecule has 0 spiro atoms. The fourth-order valence-electron chi connectivity index (χ4n) is 2.69. The topological polar surface area (TPSA) is 66.4 Å². The van der Waals surface area contributed by atoms with Crippen LogP contribution in [0, 0.1) is 0 Å². The predicted molar refractivity (Wildman–Crippen MR) is 90.2 cm³/mol. The fourth-order valence-corrected chi connectivity index (χ4v) is 2.69. The van der Waals surface area contributed by atoms with E-state index >= 15 is 0 Å². The van der Waals surface area contributed by atoms with Crippen molar-refractivity contribution in [3.05, 3.63) is 65.2 Å². The van der Waals surface area contributed by atoms with Crippen LogP contribution in [0.4, 0.5) is 5.69 Å². The molecule has 2 N–H and O–H groups in total. The summed E-state index contributed by atoms with van der Waals surface area (Å²) in [6.45, 7) is 1.95. The molecule has 0 bridgehead atoms. The van der Waals surface area contributed by atoms with Crippen LogP contribution in [0.15, 0.2) is 48.5 Å². The fraction of sp³-hybridized carbons (Fsp3) is 0.158. The smallest absolute Gasteiger partial charge is 0.260 e. The summed E-state index contributed by atoms with van der Waals surface area (Å²) in [4.78, 5) is 24.3. The average molecular weight is 307 g/mol. The summed E-state index contributed by atoms with van der Waals surface area (Å²) in [6, 6.07) is 14.0. The number of benzene rings is 2. The van der Waals surface area contributed by atoms with E-state index in [9.17, 15) is 14.7 Å². The molecule has 0 atom stereocenters. The third-order valence-electron chi connectivity index (χ3n) is 3.85. The average Bonchev–Trinajstić information content (AvgIpc) is 2.90. The number of Topliss-reactive ketones (excluding diaryl/α,β-unsaturated/α-hetero) is 1. The Morgan fingerprint density at radius 1 is 1.09 bits per heavy atom. The number of aliphatic hydroxyl groups excluding tert-OH is 1. The Hall–Kier alpha value is -2.88. The molecular formula is C19H17NO3. The quantitative estimate of drug-likeness (QED) is 0.509. The van der Waals surface area contributed by atoms with Crippen LogP contribution in [0.25, 0.3) is 11.3 Å². The number of nitrogens with one attached hydrogen (secondary N) is 1. The number of hydrogen-bond donors (Lipinski definition) is 2. The van der Waals surface area contributed by atoms with Crippen molar-refractivity contribution >= 4 is 28.7 Å². The third-order valence-corrected chi connectivity index (χ3v) is 3.85. The second kappa shape index (κ2) is 6.08. The van der Waals surface area contributed by atoms with Crippen LogP contribution >= 0.6 is 0 Å². The van der Waals surface area contributed by atoms with Gasteiger partial charge in [0.25, 0.3) is 5.91 Å². The van der Waals surface area contributed by atoms with Crippen molar-refractivity contribution in [3.63, 3.8) is 0 Å². The molecule has 3 rings (SSSR count). The minimum Gasteiger partial charge on any atom is -0.506 e. The molecule has 0 aromatic heterocycles. The molecule has 0 aliphatic carbocycles. The van der Waals surface area contributed by atoms with Gasteiger partial charge in [-0.3, -0.25) is 9.59 Å². The number of ketones is 1. The molecule has 23 heavy (non-hydrogen) atoms. The van der Waals surface area contributed by atoms with Crippen molar-refractivity contribution in [2.75, 3.05) is 5.32 Å². The monoisotopic (exact) mass is 307 g/mol. The molecule has 1 aliphatic heterocycles. The van der Waals surface area contributed by atoms with E-state index in [0.29, 0.717) is 28.8 Å². The van der Waals surface area contributed by atoms with Gasteiger partial charge in [-0.25, -0.2) is 0 Å². The maximum atomic E-state index is 12.2. The third kappa shape index (κ3) is 2.75. The van der Waals surface area contributed by atoms with Gasteiger partial charge in [0.15, 0.2) is 5.78 Å². The number of fused-ring (bicyclic) bond motifs is 1. The lowest BCUT2D eigenvalue weighted by Gasteiger charge is -2.06. The van der Waals surface area contributed by atoms with Crippen LogP contribution in [-0.2, 0) is 4.79 Å². The minimum atomic E-state index is -0.360. The SMILES string of the molecule is CCCC(=O)c1ccc2c(c1)/C(=C(/O)c1ccccc1)C(=O)N2. The zero-order valence-corrected chi connectivity index (χ0v) is 12.8. The number of aliphatic hydroxyl groups is 1. The van der Waals surface area contributed by atoms with Gasteiger partial charge in [0, 0.05) is 28.8 Å². The van der Waals surface area contributed by atoms with E-state index in [1.807, 2.05) is 13.0 Å². The second-order valence-corrected chi connectivity index (χ2v) is 5.48. The lowest BCUT2D eigenvalue weighted by Crippen LogP contribution is -2.05. The van der Waals surface area contributed by atoms with Gasteiger partial charge in [-0.15, -0.1) is 0 Å². The Balaban J connectivity index is 2.11. The molecule has 1 amide bonds. The van der Waals surface area contributed by atoms with E-state index in [1.54, 1.807) is 42.5 Å². The van der Waals surface area contributed by atoms with Gasteiger partial charge in [0.05, 0.1) is 5.57 Å². The summed E-state index contributed by atoms with van der Waals surface area (Å²) < 4.78 is 0. The van der Waals surface area contributed by atoms with Crippen molar-refractivity contribution in [1.29, 1.82) is 0 Å². The molecule has 0 saturated heterocycles. The molecule has 0 saturated carbocycles. The van der Waals surface area contributed by atoms with Gasteiger partial charge >= 0.3 is 0 Å². The van der Waals surface area contributed by atoms with Crippen molar-refractivity contribution in [3.8, 4) is 0 Å². The number of rotatable bonds is 4. The van der Waals surface area contributed by atoms with E-state index in [1.165, 1.54) is 0 Å². The van der Waals surface area contributed by atoms with Crippen LogP contribution < -0.4 is 5.32 Å². The number of hydrogen-bond acceptors (Lipinski definition) is 3. The first-order chi connectivity index (χ1) is 11.1. The van der Waals surface area contributed by atoms with Crippen LogP contribution in [0.1, 0.15) is 41.3 Å². The van der Waals surface area contributed by atoms with E-state index in [2.05, 4.69) is 5.32 Å². The highest BCUT2D eigenvalue weighted by Gasteiger charge is 2.29. The number of carbonyl (C=O) groups is 2. The predicted octanol–water partition coefficient (Wildman–Crippen LogP) is 4.05. The highest BCUT2D eigenvalue weighted by molar-refractivity contribution is 6.36. The molecule has 1 heterocycles. The van der Waals surface area contributed by atoms with Gasteiger partial charge in [-0.1, -0.05) is 37.3 Å². The second-order valence-electron chi connectivity index (χ2n) is 5.48. The van der Waals surface area contributed by atoms with Crippen molar-refractivity contribution in [2.45, 2.75) is 19.8 Å². The van der Waals surface area contributed by atoms with Gasteiger partial charge in [0.1, 0.15) is 5.76 Å². The largest absolute Gasteiger partial charge is 0.506 e. The normalized spacial score (nSPS) is 15.1. The molecule has 0 radical (unpaired) electrons. The molecular weight excluding hydrogens is 290 g/mol. The molecule has 4 heteroatoms. The lowest BCUT2D eigenvalue weighted by atomic mass is 9.98. The molecule has 1 aliphatic rings. The minimum absolute atomic E-state index is 0.0354. The molecule has 2 aromatic carbocycles. The zero-order chi connectivity index (χ0) is 16.4. The van der Waals surface area contributed by atoms with Crippen molar-refractivity contribution < 1.29 is 14.7 Å². The Labute approximate surface area is 134 Å². The Kier molecular flexibility index (Phi) is 3.98. The number of amides is 1. The van der Waals surface area contributed by atoms with Crippen LogP contribution in [0.5, 0.6) is 0 Å². The highest BCUT2D eigenvalue weighted by atomic mass is 16.3. The van der Waals surface area contributed by atoms with E-state index in [0.717, 1.165) is 6.42 Å². The maximum absolute atomic E-state index is 12.2. The first-order valence-electron chi connectivity index (χ1n) is 7.59. The first-order valence-corrected chi connectivity index (χ1v) is 7.59. The van der Waals surface area contributed by atoms with Crippen molar-refractivity contribution in [2.24, 2.45) is 0 Å². The summed E-state index contributed by atoms with van der Waals surface area (Å²) in [5.41, 5.74) is 2.51. The van der Waals surface area contributed by atoms with Crippen LogP contribution in [0.3, 0.4) is 0 Å². The number of anilines is 1. The highest BCUT2D eigenvalue weighted by Crippen LogP contribution is 2.36. The van der Waals surface area contributed by atoms with Crippen LogP contribution in [0.2, 0.25) is 0 Å². The Morgan fingerprint density at radius 3 is 2.52 bits per heavy atom. The standard InChI is InChI=1S/C19H17NO3/c1-2-6-16(21)13-9-10-15-14(11-13)17(19(23)20-15)18(22)12-7-4-3-5-8-12/h3-5,7-11,22H,2,6H2,1H3,(H,20,23)/b18-17-. The Morgan fingerprint density at radius 2 is 1.83 bits per heavy atom. The summed E-state index contributed by atoms with van der Waals surface area (Å²) in [5, 5.41) is 13.2. The van der Waals surface area contributed by atoms with Gasteiger partial charge in [0.2, 0.25) is 0 Å². The van der Waals surface area contributed by atoms with Crippen LogP contribution in [-0.4, -0.2) is 16.8 Å². The molecule has 116 valence electrons. The van der Waals surface area contributed by atoms with E-state index < -0.39 is 0 Å². The molecule has 2 aromatic rings. The lowest BCUT2D eigenvalue weighted by molar-refractivity contribution is -0.110. The van der Waals surface area contributed by atoms with Gasteiger partial charge in [-0.2, -0.15) is 0 Å². The van der Waals surface area contributed by atoms with Gasteiger partial charge in [-0.05, 0) is 24.6 Å². The van der Waals surface area contributed by atoms with Crippen molar-refractivity contribution in [1.82, 2.24) is 0 Å². The summed E-state index contributed by atoms with van der Waals surface area (Å²) >= 11 is 0.